The molecule has 0 radical (unpaired) electrons. The van der Waals surface area contributed by atoms with Crippen LogP contribution < -0.4 is 0 Å². The van der Waals surface area contributed by atoms with Gasteiger partial charge in [-0.3, -0.25) is 14.4 Å². The summed E-state index contributed by atoms with van der Waals surface area (Å²) in [5, 5.41) is 8.44. The molecule has 0 saturated carbocycles. The minimum Gasteiger partial charge on any atom is -0.480 e. The topological polar surface area (TPSA) is 74.7 Å². The standard InChI is InChI=1S/C8H11NO4/c1-5(10)6-2-3-9(8(6)13)4-7(11)12/h6H,2-4H2,1H3,(H,11,12). The van der Waals surface area contributed by atoms with E-state index in [4.69, 9.17) is 5.11 Å². The van der Waals surface area contributed by atoms with E-state index in [1.807, 2.05) is 0 Å². The van der Waals surface area contributed by atoms with Gasteiger partial charge >= 0.3 is 5.97 Å². The number of hydrogen-bond donors (Lipinski definition) is 1. The van der Waals surface area contributed by atoms with Crippen LogP contribution in [0.3, 0.4) is 0 Å². The summed E-state index contributed by atoms with van der Waals surface area (Å²) in [5.41, 5.74) is 0. The minimum atomic E-state index is -1.04. The zero-order valence-electron chi connectivity index (χ0n) is 7.32. The SMILES string of the molecule is CC(=O)C1CCN(CC(=O)O)C1=O. The zero-order chi connectivity index (χ0) is 10.0. The average Bonchev–Trinajstić information content (AvgIpc) is 2.32. The van der Waals surface area contributed by atoms with E-state index in [-0.39, 0.29) is 18.2 Å². The molecule has 0 bridgehead atoms. The molecule has 0 spiro atoms. The quantitative estimate of drug-likeness (QED) is 0.602. The summed E-state index contributed by atoms with van der Waals surface area (Å²) < 4.78 is 0. The molecule has 5 nitrogen and oxygen atoms in total. The van der Waals surface area contributed by atoms with E-state index in [9.17, 15) is 14.4 Å². The Morgan fingerprint density at radius 2 is 2.23 bits per heavy atom. The molecule has 1 N–H and O–H groups in total. The molecule has 0 aromatic rings. The lowest BCUT2D eigenvalue weighted by Gasteiger charge is -2.12. The number of carboxylic acids is 1. The first-order valence-electron chi connectivity index (χ1n) is 4.03. The Hall–Kier alpha value is -1.39. The fraction of sp³-hybridized carbons (Fsp3) is 0.625. The van der Waals surface area contributed by atoms with Crippen LogP contribution in [-0.2, 0) is 14.4 Å². The maximum atomic E-state index is 11.3. The van der Waals surface area contributed by atoms with E-state index in [0.717, 1.165) is 0 Å². The van der Waals surface area contributed by atoms with Gasteiger partial charge in [0, 0.05) is 6.54 Å². The number of nitrogens with zero attached hydrogens (tertiary/aromatic N) is 1. The summed E-state index contributed by atoms with van der Waals surface area (Å²) in [6, 6.07) is 0. The van der Waals surface area contributed by atoms with Gasteiger partial charge in [0.05, 0.1) is 5.92 Å². The van der Waals surface area contributed by atoms with E-state index < -0.39 is 11.9 Å². The first-order chi connectivity index (χ1) is 6.02. The Bertz CT molecular complexity index is 261. The molecule has 72 valence electrons. The number of likely N-dealkylation sites (tertiary alicyclic amines) is 1. The lowest BCUT2D eigenvalue weighted by molar-refractivity contribution is -0.145. The highest BCUT2D eigenvalue weighted by Crippen LogP contribution is 2.18. The Kier molecular flexibility index (Phi) is 2.65. The van der Waals surface area contributed by atoms with Crippen molar-refractivity contribution in [3.63, 3.8) is 0 Å². The Balaban J connectivity index is 2.60. The molecule has 1 aliphatic heterocycles. The molecule has 1 amide bonds. The maximum Gasteiger partial charge on any atom is 0.323 e. The van der Waals surface area contributed by atoms with E-state index in [0.29, 0.717) is 13.0 Å². The third kappa shape index (κ3) is 2.05. The lowest BCUT2D eigenvalue weighted by Crippen LogP contribution is -2.33. The van der Waals surface area contributed by atoms with Crippen LogP contribution in [0.4, 0.5) is 0 Å². The third-order valence-corrected chi connectivity index (χ3v) is 2.11. The predicted molar refractivity (Wildman–Crippen MR) is 43.0 cm³/mol. The van der Waals surface area contributed by atoms with E-state index >= 15 is 0 Å². The summed E-state index contributed by atoms with van der Waals surface area (Å²) >= 11 is 0. The highest BCUT2D eigenvalue weighted by atomic mass is 16.4. The van der Waals surface area contributed by atoms with Crippen LogP contribution in [0, 0.1) is 5.92 Å². The van der Waals surface area contributed by atoms with Crippen molar-refractivity contribution in [1.29, 1.82) is 0 Å². The predicted octanol–water partition coefficient (Wildman–Crippen LogP) is -0.491. The molecule has 0 aromatic carbocycles. The van der Waals surface area contributed by atoms with Gasteiger partial charge in [0.1, 0.15) is 12.3 Å². The number of Topliss-reactive ketones (excluding diaryl/α,β-unsaturated/α-hetero) is 1. The molecular weight excluding hydrogens is 174 g/mol. The van der Waals surface area contributed by atoms with Crippen molar-refractivity contribution in [1.82, 2.24) is 4.90 Å². The number of carbonyl (C=O) groups is 3. The number of amides is 1. The molecule has 13 heavy (non-hydrogen) atoms. The molecular formula is C8H11NO4. The second-order valence-electron chi connectivity index (χ2n) is 3.11. The highest BCUT2D eigenvalue weighted by molar-refractivity contribution is 6.02. The normalized spacial score (nSPS) is 22.1. The third-order valence-electron chi connectivity index (χ3n) is 2.11. The van der Waals surface area contributed by atoms with Crippen molar-refractivity contribution >= 4 is 17.7 Å². The Labute approximate surface area is 75.3 Å². The van der Waals surface area contributed by atoms with E-state index in [1.165, 1.54) is 11.8 Å². The van der Waals surface area contributed by atoms with Crippen molar-refractivity contribution in [3.8, 4) is 0 Å². The van der Waals surface area contributed by atoms with Crippen LogP contribution in [0.1, 0.15) is 13.3 Å². The second-order valence-corrected chi connectivity index (χ2v) is 3.11. The van der Waals surface area contributed by atoms with Gasteiger partial charge in [-0.05, 0) is 13.3 Å². The zero-order valence-corrected chi connectivity index (χ0v) is 7.32. The molecule has 1 heterocycles. The molecule has 1 unspecified atom stereocenters. The number of aliphatic carboxylic acids is 1. The van der Waals surface area contributed by atoms with Gasteiger partial charge in [-0.25, -0.2) is 0 Å². The summed E-state index contributed by atoms with van der Waals surface area (Å²) in [7, 11) is 0. The molecule has 1 fully saturated rings. The summed E-state index contributed by atoms with van der Waals surface area (Å²) in [5.74, 6) is -2.19. The molecule has 1 atom stereocenters. The van der Waals surface area contributed by atoms with Crippen molar-refractivity contribution in [3.05, 3.63) is 0 Å². The largest absolute Gasteiger partial charge is 0.480 e. The van der Waals surface area contributed by atoms with Crippen LogP contribution in [0.5, 0.6) is 0 Å². The van der Waals surface area contributed by atoms with Gasteiger partial charge in [0.2, 0.25) is 5.91 Å². The van der Waals surface area contributed by atoms with Gasteiger partial charge in [0.25, 0.3) is 0 Å². The first kappa shape index (κ1) is 9.70. The van der Waals surface area contributed by atoms with E-state index in [2.05, 4.69) is 0 Å². The number of ketones is 1. The molecule has 1 aliphatic rings. The monoisotopic (exact) mass is 185 g/mol. The average molecular weight is 185 g/mol. The van der Waals surface area contributed by atoms with Crippen LogP contribution in [0.25, 0.3) is 0 Å². The van der Waals surface area contributed by atoms with Crippen molar-refractivity contribution in [2.45, 2.75) is 13.3 Å². The maximum absolute atomic E-state index is 11.3. The van der Waals surface area contributed by atoms with Gasteiger partial charge < -0.3 is 10.0 Å². The number of carbonyl (C=O) groups excluding carboxylic acids is 2. The molecule has 1 rings (SSSR count). The molecule has 0 aliphatic carbocycles. The fourth-order valence-electron chi connectivity index (χ4n) is 1.44. The van der Waals surface area contributed by atoms with Gasteiger partial charge in [0.15, 0.2) is 0 Å². The van der Waals surface area contributed by atoms with Crippen LogP contribution >= 0.6 is 0 Å². The molecule has 5 heteroatoms. The smallest absolute Gasteiger partial charge is 0.323 e. The number of rotatable bonds is 3. The van der Waals surface area contributed by atoms with Crippen LogP contribution in [0.2, 0.25) is 0 Å². The minimum absolute atomic E-state index is 0.183. The fourth-order valence-corrected chi connectivity index (χ4v) is 1.44. The number of hydrogen-bond acceptors (Lipinski definition) is 3. The van der Waals surface area contributed by atoms with Crippen LogP contribution in [-0.4, -0.2) is 40.8 Å². The van der Waals surface area contributed by atoms with Gasteiger partial charge in [-0.15, -0.1) is 0 Å². The van der Waals surface area contributed by atoms with Crippen molar-refractivity contribution in [2.75, 3.05) is 13.1 Å². The number of carboxylic acid groups (broad SMARTS) is 1. The lowest BCUT2D eigenvalue weighted by atomic mass is 10.0. The second kappa shape index (κ2) is 3.55. The van der Waals surface area contributed by atoms with E-state index in [1.54, 1.807) is 0 Å². The summed E-state index contributed by atoms with van der Waals surface area (Å²) in [6.45, 7) is 1.42. The summed E-state index contributed by atoms with van der Waals surface area (Å²) in [4.78, 5) is 33.7. The highest BCUT2D eigenvalue weighted by Gasteiger charge is 2.35. The molecule has 0 aromatic heterocycles. The summed E-state index contributed by atoms with van der Waals surface area (Å²) in [6.07, 6.45) is 0.446. The molecule has 1 saturated heterocycles. The Morgan fingerprint density at radius 1 is 1.62 bits per heavy atom. The van der Waals surface area contributed by atoms with Crippen molar-refractivity contribution < 1.29 is 19.5 Å². The van der Waals surface area contributed by atoms with Crippen molar-refractivity contribution in [2.24, 2.45) is 5.92 Å². The first-order valence-corrected chi connectivity index (χ1v) is 4.03. The van der Waals surface area contributed by atoms with Gasteiger partial charge in [-0.2, -0.15) is 0 Å². The van der Waals surface area contributed by atoms with Gasteiger partial charge in [-0.1, -0.05) is 0 Å². The van der Waals surface area contributed by atoms with Crippen LogP contribution in [0.15, 0.2) is 0 Å². The Morgan fingerprint density at radius 3 is 2.62 bits per heavy atom.